The second-order valence-corrected chi connectivity index (χ2v) is 14.8. The van der Waals surface area contributed by atoms with Crippen LogP contribution in [0.4, 0.5) is 20.6 Å². The average molecular weight is 690 g/mol. The monoisotopic (exact) mass is 689 g/mol. The van der Waals surface area contributed by atoms with Gasteiger partial charge in [0.15, 0.2) is 0 Å². The number of nitrogens with one attached hydrogen (secondary N) is 1. The minimum Gasteiger partial charge on any atom is -0.421 e. The first-order chi connectivity index (χ1) is 23.1. The number of amides is 1. The Labute approximate surface area is 280 Å². The summed E-state index contributed by atoms with van der Waals surface area (Å²) >= 11 is 0. The van der Waals surface area contributed by atoms with Crippen LogP contribution in [0.25, 0.3) is 10.9 Å². The Hall–Kier alpha value is -4.99. The standard InChI is InChI=1S/C32H33FN9O6P/c1-18-23(5-6-26(33)38-18)29(25-15-41(40-39-25)32-9-19(10-32)11-32)42(30(43)47-17-48-49(44,45)46)22-7-20(12-34)27-24(8-22)28(21(13-35)14-36-27)37-16-31(2,3)4/h5-8,14-15,19,29H,9-11,16-17H2,1-4H3,(H,36,37)(H2,44,45,46). The van der Waals surface area contributed by atoms with E-state index in [1.54, 1.807) is 23.9 Å². The summed E-state index contributed by atoms with van der Waals surface area (Å²) in [7, 11) is -5.03. The topological polar surface area (TPSA) is 212 Å². The number of nitriles is 2. The van der Waals surface area contributed by atoms with E-state index in [0.29, 0.717) is 29.1 Å². The molecule has 0 aliphatic heterocycles. The number of anilines is 2. The SMILES string of the molecule is Cc1nc(F)ccc1C(c1cn(C23CC(C2)C3)nn1)N(C(=O)OCOP(=O)(O)O)c1cc(C#N)c2ncc(C#N)c(NCC(C)(C)C)c2c1. The van der Waals surface area contributed by atoms with Gasteiger partial charge in [0.05, 0.1) is 39.8 Å². The molecule has 1 amide bonds. The fraction of sp³-hybridized carbons (Fsp3) is 0.406. The highest BCUT2D eigenvalue weighted by Crippen LogP contribution is 2.62. The van der Waals surface area contributed by atoms with Crippen molar-refractivity contribution >= 4 is 36.2 Å². The van der Waals surface area contributed by atoms with Crippen molar-refractivity contribution < 1.29 is 32.8 Å². The summed E-state index contributed by atoms with van der Waals surface area (Å²) in [6.45, 7) is 6.87. The van der Waals surface area contributed by atoms with Crippen molar-refractivity contribution in [3.05, 3.63) is 70.7 Å². The van der Waals surface area contributed by atoms with E-state index in [4.69, 9.17) is 4.74 Å². The normalized spacial score (nSPS) is 18.8. The third-order valence-electron chi connectivity index (χ3n) is 8.80. The minimum absolute atomic E-state index is 0.0466. The molecule has 2 bridgehead atoms. The maximum atomic E-state index is 14.3. The number of aryl methyl sites for hydroxylation is 1. The number of phosphoric acid groups is 1. The molecule has 1 aromatic carbocycles. The molecule has 3 saturated carbocycles. The van der Waals surface area contributed by atoms with Crippen LogP contribution < -0.4 is 10.2 Å². The molecule has 0 spiro atoms. The van der Waals surface area contributed by atoms with Gasteiger partial charge >= 0.3 is 13.9 Å². The number of hydrogen-bond acceptors (Lipinski definition) is 11. The van der Waals surface area contributed by atoms with Crippen molar-refractivity contribution in [1.29, 1.82) is 10.5 Å². The van der Waals surface area contributed by atoms with Crippen LogP contribution in [0.1, 0.15) is 74.2 Å². The van der Waals surface area contributed by atoms with Gasteiger partial charge in [0.2, 0.25) is 12.7 Å². The van der Waals surface area contributed by atoms with E-state index in [-0.39, 0.29) is 44.7 Å². The lowest BCUT2D eigenvalue weighted by Gasteiger charge is -2.61. The molecule has 0 saturated heterocycles. The summed E-state index contributed by atoms with van der Waals surface area (Å²) in [6.07, 6.45) is 4.73. The van der Waals surface area contributed by atoms with Gasteiger partial charge in [-0.2, -0.15) is 14.9 Å². The molecular formula is C32H33FN9O6P. The number of halogens is 1. The van der Waals surface area contributed by atoms with Crippen LogP contribution >= 0.6 is 7.82 Å². The lowest BCUT2D eigenvalue weighted by molar-refractivity contribution is -0.0989. The summed E-state index contributed by atoms with van der Waals surface area (Å²) in [4.78, 5) is 42.1. The molecule has 7 rings (SSSR count). The van der Waals surface area contributed by atoms with Gasteiger partial charge in [-0.15, -0.1) is 5.10 Å². The van der Waals surface area contributed by atoms with Gasteiger partial charge in [-0.25, -0.2) is 23.5 Å². The Balaban J connectivity index is 1.57. The molecule has 15 nitrogen and oxygen atoms in total. The highest BCUT2D eigenvalue weighted by atomic mass is 31.2. The zero-order valence-electron chi connectivity index (χ0n) is 27.1. The van der Waals surface area contributed by atoms with Crippen LogP contribution in [-0.2, 0) is 19.4 Å². The molecule has 254 valence electrons. The van der Waals surface area contributed by atoms with E-state index in [2.05, 4.69) is 42.3 Å². The van der Waals surface area contributed by atoms with Crippen LogP contribution in [0.15, 0.2) is 36.7 Å². The number of nitrogens with zero attached hydrogens (tertiary/aromatic N) is 8. The Morgan fingerprint density at radius 3 is 2.53 bits per heavy atom. The van der Waals surface area contributed by atoms with Gasteiger partial charge in [-0.05, 0) is 55.7 Å². The van der Waals surface area contributed by atoms with Gasteiger partial charge in [-0.3, -0.25) is 9.88 Å². The molecule has 3 N–H and O–H groups in total. The van der Waals surface area contributed by atoms with Crippen LogP contribution in [0.5, 0.6) is 0 Å². The lowest BCUT2D eigenvalue weighted by atomic mass is 9.50. The second kappa shape index (κ2) is 12.5. The molecule has 4 aromatic rings. The first-order valence-corrected chi connectivity index (χ1v) is 16.9. The first-order valence-electron chi connectivity index (χ1n) is 15.3. The molecule has 3 fully saturated rings. The number of aromatic nitrogens is 5. The summed E-state index contributed by atoms with van der Waals surface area (Å²) in [5.41, 5.74) is 1.33. The van der Waals surface area contributed by atoms with E-state index in [1.165, 1.54) is 18.3 Å². The van der Waals surface area contributed by atoms with Gasteiger partial charge in [0, 0.05) is 29.4 Å². The smallest absolute Gasteiger partial charge is 0.421 e. The number of carbonyl (C=O) groups excluding carboxylic acids is 1. The molecule has 1 unspecified atom stereocenters. The largest absolute Gasteiger partial charge is 0.472 e. The molecule has 17 heteroatoms. The van der Waals surface area contributed by atoms with Crippen molar-refractivity contribution in [2.24, 2.45) is 11.3 Å². The quantitative estimate of drug-likeness (QED) is 0.111. The third kappa shape index (κ3) is 6.69. The van der Waals surface area contributed by atoms with Crippen LogP contribution in [0.2, 0.25) is 0 Å². The number of carbonyl (C=O) groups is 1. The highest BCUT2D eigenvalue weighted by molar-refractivity contribution is 7.46. The van der Waals surface area contributed by atoms with Crippen molar-refractivity contribution in [2.75, 3.05) is 23.6 Å². The fourth-order valence-corrected chi connectivity index (χ4v) is 6.51. The summed E-state index contributed by atoms with van der Waals surface area (Å²) in [5, 5.41) is 32.7. The Morgan fingerprint density at radius 2 is 1.94 bits per heavy atom. The summed E-state index contributed by atoms with van der Waals surface area (Å²) in [6, 6.07) is 8.54. The number of hydrogen-bond donors (Lipinski definition) is 3. The zero-order chi connectivity index (χ0) is 35.3. The zero-order valence-corrected chi connectivity index (χ0v) is 28.0. The number of rotatable bonds is 10. The third-order valence-corrected chi connectivity index (χ3v) is 9.24. The molecule has 1 atom stereocenters. The molecule has 0 radical (unpaired) electrons. The number of pyridine rings is 2. The van der Waals surface area contributed by atoms with Gasteiger partial charge in [-0.1, -0.05) is 32.1 Å². The predicted molar refractivity (Wildman–Crippen MR) is 172 cm³/mol. The molecule has 3 aromatic heterocycles. The summed E-state index contributed by atoms with van der Waals surface area (Å²) in [5.74, 6) is -0.133. The van der Waals surface area contributed by atoms with E-state index in [0.717, 1.165) is 30.2 Å². The number of benzene rings is 1. The van der Waals surface area contributed by atoms with Crippen molar-refractivity contribution in [3.8, 4) is 12.1 Å². The van der Waals surface area contributed by atoms with Gasteiger partial charge in [0.25, 0.3) is 0 Å². The average Bonchev–Trinajstić information content (AvgIpc) is 3.44. The first kappa shape index (κ1) is 33.9. The predicted octanol–water partition coefficient (Wildman–Crippen LogP) is 5.18. The lowest BCUT2D eigenvalue weighted by Crippen LogP contribution is -2.59. The van der Waals surface area contributed by atoms with Crippen LogP contribution in [0, 0.1) is 46.9 Å². The van der Waals surface area contributed by atoms with E-state index in [9.17, 15) is 34.1 Å². The van der Waals surface area contributed by atoms with E-state index < -0.39 is 32.7 Å². The fourth-order valence-electron chi connectivity index (χ4n) is 6.32. The minimum atomic E-state index is -5.03. The number of ether oxygens (including phenoxy) is 1. The van der Waals surface area contributed by atoms with E-state index >= 15 is 0 Å². The van der Waals surface area contributed by atoms with Crippen molar-refractivity contribution in [1.82, 2.24) is 25.0 Å². The van der Waals surface area contributed by atoms with Crippen LogP contribution in [-0.4, -0.2) is 54.2 Å². The van der Waals surface area contributed by atoms with Crippen molar-refractivity contribution in [2.45, 2.75) is 58.5 Å². The molecule has 3 heterocycles. The molecule has 49 heavy (non-hydrogen) atoms. The maximum Gasteiger partial charge on any atom is 0.472 e. The molecule has 3 aliphatic carbocycles. The molecular weight excluding hydrogens is 656 g/mol. The highest BCUT2D eigenvalue weighted by Gasteiger charge is 2.59. The van der Waals surface area contributed by atoms with Gasteiger partial charge in [0.1, 0.15) is 23.9 Å². The van der Waals surface area contributed by atoms with Crippen molar-refractivity contribution in [3.63, 3.8) is 0 Å². The Kier molecular flexibility index (Phi) is 8.63. The van der Waals surface area contributed by atoms with E-state index in [1.807, 2.05) is 20.8 Å². The maximum absolute atomic E-state index is 14.3. The van der Waals surface area contributed by atoms with Gasteiger partial charge < -0.3 is 19.8 Å². The Bertz CT molecular complexity index is 2080. The Morgan fingerprint density at radius 1 is 1.22 bits per heavy atom. The molecule has 3 aliphatic rings. The van der Waals surface area contributed by atoms with Crippen LogP contribution in [0.3, 0.4) is 0 Å². The number of fused-ring (bicyclic) bond motifs is 1. The second-order valence-electron chi connectivity index (χ2n) is 13.6. The summed E-state index contributed by atoms with van der Waals surface area (Å²) < 4.78 is 37.2. The number of phosphoric ester groups is 1.